The van der Waals surface area contributed by atoms with E-state index in [0.717, 1.165) is 6.42 Å². The molecule has 136 valence electrons. The number of fused-ring (bicyclic) bond motifs is 1. The van der Waals surface area contributed by atoms with Crippen LogP contribution in [0.25, 0.3) is 0 Å². The molecular formula is C17H28N2O5. The molecule has 2 amide bonds. The number of methoxy groups -OCH3 is 1. The van der Waals surface area contributed by atoms with Gasteiger partial charge in [0.05, 0.1) is 7.11 Å². The van der Waals surface area contributed by atoms with Gasteiger partial charge in [-0.15, -0.1) is 0 Å². The van der Waals surface area contributed by atoms with E-state index in [9.17, 15) is 19.5 Å². The van der Waals surface area contributed by atoms with Crippen molar-refractivity contribution < 1.29 is 24.2 Å². The molecule has 2 aliphatic rings. The van der Waals surface area contributed by atoms with Gasteiger partial charge in [-0.25, -0.2) is 9.59 Å². The van der Waals surface area contributed by atoms with E-state index in [1.165, 1.54) is 12.0 Å². The highest BCUT2D eigenvalue weighted by molar-refractivity contribution is 5.90. The second-order valence-corrected chi connectivity index (χ2v) is 8.69. The second kappa shape index (κ2) is 5.93. The van der Waals surface area contributed by atoms with Crippen LogP contribution in [0, 0.1) is 22.7 Å². The van der Waals surface area contributed by atoms with Crippen molar-refractivity contribution in [2.75, 3.05) is 13.7 Å². The van der Waals surface area contributed by atoms with E-state index in [2.05, 4.69) is 10.1 Å². The molecule has 1 aliphatic carbocycles. The first-order valence-electron chi connectivity index (χ1n) is 8.28. The third-order valence-corrected chi connectivity index (χ3v) is 5.40. The molecule has 0 radical (unpaired) electrons. The number of amides is 2. The zero-order chi connectivity index (χ0) is 18.4. The molecule has 2 fully saturated rings. The molecule has 0 aromatic rings. The SMILES string of the molecule is COC(=O)N[C@H](C(=O)N1C[C@@H]2CC(C)(C)[C@@H]2[C@H]1C(=O)O)C(C)(C)C. The van der Waals surface area contributed by atoms with Crippen LogP contribution >= 0.6 is 0 Å². The first-order valence-corrected chi connectivity index (χ1v) is 8.28. The Morgan fingerprint density at radius 2 is 1.88 bits per heavy atom. The fourth-order valence-electron chi connectivity index (χ4n) is 4.34. The summed E-state index contributed by atoms with van der Waals surface area (Å²) >= 11 is 0. The molecule has 24 heavy (non-hydrogen) atoms. The molecule has 4 atom stereocenters. The van der Waals surface area contributed by atoms with Crippen molar-refractivity contribution in [2.24, 2.45) is 22.7 Å². The minimum Gasteiger partial charge on any atom is -0.480 e. The molecule has 2 rings (SSSR count). The van der Waals surface area contributed by atoms with Crippen LogP contribution in [0.15, 0.2) is 0 Å². The molecule has 1 saturated heterocycles. The molecule has 1 saturated carbocycles. The van der Waals surface area contributed by atoms with Gasteiger partial charge in [-0.05, 0) is 29.1 Å². The summed E-state index contributed by atoms with van der Waals surface area (Å²) in [6, 6.07) is -1.68. The molecular weight excluding hydrogens is 312 g/mol. The van der Waals surface area contributed by atoms with Crippen LogP contribution < -0.4 is 5.32 Å². The summed E-state index contributed by atoms with van der Waals surface area (Å²) < 4.78 is 4.61. The van der Waals surface area contributed by atoms with Crippen LogP contribution in [0.4, 0.5) is 4.79 Å². The Morgan fingerprint density at radius 3 is 2.29 bits per heavy atom. The van der Waals surface area contributed by atoms with Crippen molar-refractivity contribution in [2.45, 2.75) is 53.1 Å². The average molecular weight is 340 g/mol. The van der Waals surface area contributed by atoms with Crippen molar-refractivity contribution in [3.63, 3.8) is 0 Å². The summed E-state index contributed by atoms with van der Waals surface area (Å²) in [5.74, 6) is -1.17. The lowest BCUT2D eigenvalue weighted by Gasteiger charge is -2.48. The number of nitrogens with one attached hydrogen (secondary N) is 1. The summed E-state index contributed by atoms with van der Waals surface area (Å²) in [6.45, 7) is 10.0. The Bertz CT molecular complexity index is 552. The van der Waals surface area contributed by atoms with E-state index in [-0.39, 0.29) is 23.2 Å². The molecule has 0 aromatic heterocycles. The number of ether oxygens (including phenoxy) is 1. The van der Waals surface area contributed by atoms with Gasteiger partial charge in [-0.3, -0.25) is 4.79 Å². The smallest absolute Gasteiger partial charge is 0.407 e. The number of likely N-dealkylation sites (tertiary alicyclic amines) is 1. The Balaban J connectivity index is 2.28. The van der Waals surface area contributed by atoms with Crippen LogP contribution in [0.2, 0.25) is 0 Å². The molecule has 1 aliphatic heterocycles. The third-order valence-electron chi connectivity index (χ3n) is 5.40. The normalized spacial score (nSPS) is 29.2. The monoisotopic (exact) mass is 340 g/mol. The molecule has 7 nitrogen and oxygen atoms in total. The lowest BCUT2D eigenvalue weighted by Crippen LogP contribution is -2.58. The summed E-state index contributed by atoms with van der Waals surface area (Å²) in [4.78, 5) is 38.0. The molecule has 2 N–H and O–H groups in total. The van der Waals surface area contributed by atoms with Gasteiger partial charge in [0.2, 0.25) is 5.91 Å². The van der Waals surface area contributed by atoms with Crippen LogP contribution in [0.3, 0.4) is 0 Å². The zero-order valence-corrected chi connectivity index (χ0v) is 15.3. The van der Waals surface area contributed by atoms with E-state index in [0.29, 0.717) is 6.54 Å². The van der Waals surface area contributed by atoms with Gasteiger partial charge in [0.15, 0.2) is 0 Å². The maximum atomic E-state index is 13.1. The fourth-order valence-corrected chi connectivity index (χ4v) is 4.34. The van der Waals surface area contributed by atoms with Crippen molar-refractivity contribution in [1.82, 2.24) is 10.2 Å². The van der Waals surface area contributed by atoms with Gasteiger partial charge >= 0.3 is 12.1 Å². The second-order valence-electron chi connectivity index (χ2n) is 8.69. The number of hydrogen-bond acceptors (Lipinski definition) is 4. The standard InChI is InChI=1S/C17H28N2O5/c1-16(2,3)12(18-15(23)24-6)13(20)19-8-9-7-17(4,5)10(9)11(19)14(21)22/h9-12H,7-8H2,1-6H3,(H,18,23)(H,21,22)/t9-,10-,11-,12+/m0/s1. The minimum absolute atomic E-state index is 0.0438. The highest BCUT2D eigenvalue weighted by atomic mass is 16.5. The van der Waals surface area contributed by atoms with Crippen LogP contribution in [-0.4, -0.2) is 53.7 Å². The maximum Gasteiger partial charge on any atom is 0.407 e. The van der Waals surface area contributed by atoms with Gasteiger partial charge in [0, 0.05) is 6.54 Å². The van der Waals surface area contributed by atoms with Crippen LogP contribution in [0.1, 0.15) is 41.0 Å². The number of carboxylic acid groups (broad SMARTS) is 1. The van der Waals surface area contributed by atoms with E-state index < -0.39 is 29.6 Å². The first kappa shape index (κ1) is 18.5. The lowest BCUT2D eigenvalue weighted by molar-refractivity contribution is -0.154. The van der Waals surface area contributed by atoms with E-state index in [1.54, 1.807) is 0 Å². The molecule has 0 bridgehead atoms. The largest absolute Gasteiger partial charge is 0.480 e. The molecule has 0 unspecified atom stereocenters. The highest BCUT2D eigenvalue weighted by Gasteiger charge is 2.61. The molecule has 0 aromatic carbocycles. The molecule has 7 heteroatoms. The van der Waals surface area contributed by atoms with Gasteiger partial charge < -0.3 is 20.1 Å². The number of rotatable bonds is 3. The highest BCUT2D eigenvalue weighted by Crippen LogP contribution is 2.57. The van der Waals surface area contributed by atoms with Crippen molar-refractivity contribution in [1.29, 1.82) is 0 Å². The summed E-state index contributed by atoms with van der Waals surface area (Å²) in [6.07, 6.45) is 0.216. The molecule has 1 heterocycles. The molecule has 0 spiro atoms. The minimum atomic E-state index is -0.977. The summed E-state index contributed by atoms with van der Waals surface area (Å²) in [5, 5.41) is 12.3. The Hall–Kier alpha value is -1.79. The van der Waals surface area contributed by atoms with Gasteiger partial charge in [0.1, 0.15) is 12.1 Å². The van der Waals surface area contributed by atoms with Crippen molar-refractivity contribution >= 4 is 18.0 Å². The van der Waals surface area contributed by atoms with E-state index in [4.69, 9.17) is 0 Å². The third kappa shape index (κ3) is 3.08. The number of carbonyl (C=O) groups excluding carboxylic acids is 2. The Morgan fingerprint density at radius 1 is 1.29 bits per heavy atom. The number of nitrogens with zero attached hydrogens (tertiary/aromatic N) is 1. The number of hydrogen-bond donors (Lipinski definition) is 2. The number of carboxylic acids is 1. The number of aliphatic carboxylic acids is 1. The van der Waals surface area contributed by atoms with Crippen molar-refractivity contribution in [3.05, 3.63) is 0 Å². The van der Waals surface area contributed by atoms with Gasteiger partial charge in [-0.1, -0.05) is 34.6 Å². The van der Waals surface area contributed by atoms with E-state index in [1.807, 2.05) is 34.6 Å². The first-order chi connectivity index (χ1) is 10.9. The quantitative estimate of drug-likeness (QED) is 0.815. The summed E-state index contributed by atoms with van der Waals surface area (Å²) in [5.41, 5.74) is -0.652. The fraction of sp³-hybridized carbons (Fsp3) is 0.824. The van der Waals surface area contributed by atoms with Crippen LogP contribution in [-0.2, 0) is 14.3 Å². The zero-order valence-electron chi connectivity index (χ0n) is 15.3. The maximum absolute atomic E-state index is 13.1. The Kier molecular flexibility index (Phi) is 4.59. The predicted molar refractivity (Wildman–Crippen MR) is 87.3 cm³/mol. The Labute approximate surface area is 142 Å². The topological polar surface area (TPSA) is 95.9 Å². The summed E-state index contributed by atoms with van der Waals surface area (Å²) in [7, 11) is 1.23. The van der Waals surface area contributed by atoms with E-state index >= 15 is 0 Å². The van der Waals surface area contributed by atoms with Gasteiger partial charge in [0.25, 0.3) is 0 Å². The number of carbonyl (C=O) groups is 3. The predicted octanol–water partition coefficient (Wildman–Crippen LogP) is 1.71. The number of alkyl carbamates (subject to hydrolysis) is 1. The lowest BCUT2D eigenvalue weighted by atomic mass is 9.55. The average Bonchev–Trinajstić information content (AvgIpc) is 2.77. The van der Waals surface area contributed by atoms with Gasteiger partial charge in [-0.2, -0.15) is 0 Å². The van der Waals surface area contributed by atoms with Crippen LogP contribution in [0.5, 0.6) is 0 Å². The van der Waals surface area contributed by atoms with Crippen molar-refractivity contribution in [3.8, 4) is 0 Å².